The summed E-state index contributed by atoms with van der Waals surface area (Å²) in [6.45, 7) is 8.25. The quantitative estimate of drug-likeness (QED) is 0.633. The van der Waals surface area contributed by atoms with Crippen molar-refractivity contribution in [1.29, 1.82) is 0 Å². The lowest BCUT2D eigenvalue weighted by Crippen LogP contribution is -2.44. The molecule has 1 unspecified atom stereocenters. The maximum absolute atomic E-state index is 15.4. The number of carbonyl (C=O) groups is 1. The van der Waals surface area contributed by atoms with Crippen molar-refractivity contribution in [1.82, 2.24) is 14.6 Å². The highest BCUT2D eigenvalue weighted by atomic mass is 19.1. The average Bonchev–Trinajstić information content (AvgIpc) is 3.45. The summed E-state index contributed by atoms with van der Waals surface area (Å²) >= 11 is 0. The fourth-order valence-corrected chi connectivity index (χ4v) is 4.61. The first kappa shape index (κ1) is 23.9. The molecule has 0 bridgehead atoms. The lowest BCUT2D eigenvalue weighted by Gasteiger charge is -2.26. The van der Waals surface area contributed by atoms with E-state index in [4.69, 9.17) is 15.3 Å². The average molecular weight is 478 g/mol. The number of benzene rings is 1. The second-order valence-electron chi connectivity index (χ2n) is 10.1. The van der Waals surface area contributed by atoms with Gasteiger partial charge in [0.05, 0.1) is 12.5 Å². The second kappa shape index (κ2) is 8.52. The molecule has 0 radical (unpaired) electrons. The van der Waals surface area contributed by atoms with Crippen molar-refractivity contribution in [2.75, 3.05) is 30.9 Å². The van der Waals surface area contributed by atoms with Crippen LogP contribution >= 0.6 is 0 Å². The Morgan fingerprint density at radius 1 is 1.26 bits per heavy atom. The summed E-state index contributed by atoms with van der Waals surface area (Å²) < 4.78 is 28.3. The van der Waals surface area contributed by atoms with Gasteiger partial charge in [-0.05, 0) is 58.9 Å². The van der Waals surface area contributed by atoms with E-state index < -0.39 is 28.8 Å². The number of hydrogen-bond acceptors (Lipinski definition) is 7. The first-order valence-electron chi connectivity index (χ1n) is 11.5. The minimum Gasteiger partial charge on any atom is -0.492 e. The largest absolute Gasteiger partial charge is 0.492 e. The number of fused-ring (bicyclic) bond motifs is 1. The molecule has 1 aliphatic carbocycles. The number of hydrogen-bond donors (Lipinski definition) is 2. The number of anilines is 1. The number of methoxy groups -OCH3 is 1. The normalized spacial score (nSPS) is 19.4. The number of alkyl carbamates (subject to hydrolysis) is 1. The number of nitrogens with one attached hydrogen (secondary N) is 1. The first-order valence-corrected chi connectivity index (χ1v) is 11.5. The van der Waals surface area contributed by atoms with Gasteiger partial charge in [0.25, 0.3) is 5.56 Å². The van der Waals surface area contributed by atoms with Crippen LogP contribution in [0, 0.1) is 11.7 Å². The third-order valence-electron chi connectivity index (χ3n) is 6.39. The van der Waals surface area contributed by atoms with E-state index in [0.717, 1.165) is 18.9 Å². The number of nitrogen functional groups attached to an aromatic ring is 1. The third-order valence-corrected chi connectivity index (χ3v) is 6.39. The smallest absolute Gasteiger partial charge is 0.407 e. The fourth-order valence-electron chi connectivity index (χ4n) is 4.61. The Bertz CT molecular complexity index is 1240. The number of halogens is 1. The molecule has 10 nitrogen and oxygen atoms in total. The van der Waals surface area contributed by atoms with E-state index in [1.807, 2.05) is 11.8 Å². The molecule has 11 heteroatoms. The van der Waals surface area contributed by atoms with Crippen LogP contribution in [0.1, 0.15) is 53.0 Å². The van der Waals surface area contributed by atoms with Gasteiger partial charge in [0.1, 0.15) is 16.8 Å². The molecule has 1 saturated carbocycles. The Morgan fingerprint density at radius 2 is 1.94 bits per heavy atom. The molecule has 1 saturated heterocycles. The van der Waals surface area contributed by atoms with E-state index in [1.54, 1.807) is 20.8 Å². The number of rotatable bonds is 5. The molecular formula is C23H32FN5O5. The maximum Gasteiger partial charge on any atom is 0.407 e. The van der Waals surface area contributed by atoms with Gasteiger partial charge in [-0.25, -0.2) is 14.0 Å². The number of amides is 1. The van der Waals surface area contributed by atoms with Crippen LogP contribution in [0.4, 0.5) is 14.9 Å². The zero-order chi connectivity index (χ0) is 24.9. The van der Waals surface area contributed by atoms with Crippen molar-refractivity contribution in [2.24, 2.45) is 5.92 Å². The molecule has 2 aromatic rings. The van der Waals surface area contributed by atoms with Crippen molar-refractivity contribution in [3.8, 4) is 5.75 Å². The van der Waals surface area contributed by atoms with Crippen molar-refractivity contribution < 1.29 is 18.7 Å². The van der Waals surface area contributed by atoms with Crippen molar-refractivity contribution in [2.45, 2.75) is 64.6 Å². The lowest BCUT2D eigenvalue weighted by atomic mass is 10.0. The molecule has 2 atom stereocenters. The van der Waals surface area contributed by atoms with Crippen LogP contribution in [0.25, 0.3) is 10.9 Å². The van der Waals surface area contributed by atoms with Crippen molar-refractivity contribution in [3.05, 3.63) is 32.7 Å². The fraction of sp³-hybridized carbons (Fsp3) is 0.609. The molecule has 2 fully saturated rings. The molecule has 186 valence electrons. The molecular weight excluding hydrogens is 445 g/mol. The second-order valence-corrected chi connectivity index (χ2v) is 10.1. The van der Waals surface area contributed by atoms with Gasteiger partial charge >= 0.3 is 11.8 Å². The summed E-state index contributed by atoms with van der Waals surface area (Å²) in [6, 6.07) is 0.817. The van der Waals surface area contributed by atoms with Gasteiger partial charge in [-0.2, -0.15) is 4.68 Å². The number of ether oxygens (including phenoxy) is 2. The van der Waals surface area contributed by atoms with Crippen LogP contribution in [0.2, 0.25) is 0 Å². The summed E-state index contributed by atoms with van der Waals surface area (Å²) in [4.78, 5) is 39.5. The summed E-state index contributed by atoms with van der Waals surface area (Å²) in [5.74, 6) is 5.25. The number of aromatic nitrogens is 2. The van der Waals surface area contributed by atoms with Crippen LogP contribution in [0.5, 0.6) is 5.75 Å². The van der Waals surface area contributed by atoms with Crippen LogP contribution in [-0.2, 0) is 4.74 Å². The minimum absolute atomic E-state index is 0.00260. The van der Waals surface area contributed by atoms with Gasteiger partial charge in [0.15, 0.2) is 11.6 Å². The lowest BCUT2D eigenvalue weighted by molar-refractivity contribution is 0.0494. The van der Waals surface area contributed by atoms with E-state index >= 15 is 4.39 Å². The molecule has 1 aromatic heterocycles. The predicted molar refractivity (Wildman–Crippen MR) is 127 cm³/mol. The van der Waals surface area contributed by atoms with Gasteiger partial charge in [0.2, 0.25) is 0 Å². The standard InChI is InChI=1S/C23H32FN5O5/c1-12(26-21(31)34-23(2,3)4)13-8-9-27(11-13)18-16(24)10-15-17(19(18)33-5)28(14-6-7-14)22(32)29(25)20(15)30/h10,12-14H,6-9,11,25H2,1-5H3,(H,26,31)/t12-,13?/m0/s1. The summed E-state index contributed by atoms with van der Waals surface area (Å²) in [6.07, 6.45) is 1.74. The van der Waals surface area contributed by atoms with Crippen LogP contribution in [-0.4, -0.2) is 47.2 Å². The van der Waals surface area contributed by atoms with E-state index in [2.05, 4.69) is 5.32 Å². The molecule has 34 heavy (non-hydrogen) atoms. The first-order chi connectivity index (χ1) is 15.9. The molecule has 2 aliphatic rings. The minimum atomic E-state index is -0.768. The monoisotopic (exact) mass is 477 g/mol. The van der Waals surface area contributed by atoms with E-state index in [1.165, 1.54) is 11.7 Å². The summed E-state index contributed by atoms with van der Waals surface area (Å²) in [5, 5.41) is 2.86. The Morgan fingerprint density at radius 3 is 2.53 bits per heavy atom. The van der Waals surface area contributed by atoms with Crippen LogP contribution < -0.4 is 32.0 Å². The predicted octanol–water partition coefficient (Wildman–Crippen LogP) is 2.10. The van der Waals surface area contributed by atoms with Gasteiger partial charge in [-0.15, -0.1) is 0 Å². The third kappa shape index (κ3) is 4.30. The van der Waals surface area contributed by atoms with E-state index in [-0.39, 0.29) is 40.3 Å². The number of carbonyl (C=O) groups excluding carboxylic acids is 1. The van der Waals surface area contributed by atoms with Crippen LogP contribution in [0.15, 0.2) is 15.7 Å². The van der Waals surface area contributed by atoms with Crippen LogP contribution in [0.3, 0.4) is 0 Å². The molecule has 1 aromatic carbocycles. The van der Waals surface area contributed by atoms with E-state index in [0.29, 0.717) is 24.2 Å². The summed E-state index contributed by atoms with van der Waals surface area (Å²) in [5.41, 5.74) is -1.56. The molecule has 2 heterocycles. The maximum atomic E-state index is 15.4. The zero-order valence-corrected chi connectivity index (χ0v) is 20.2. The molecule has 3 N–H and O–H groups in total. The Labute approximate surface area is 196 Å². The highest BCUT2D eigenvalue weighted by Gasteiger charge is 2.35. The van der Waals surface area contributed by atoms with Gasteiger partial charge in [0, 0.05) is 25.2 Å². The Hall–Kier alpha value is -3.24. The van der Waals surface area contributed by atoms with Gasteiger partial charge in [-0.3, -0.25) is 9.36 Å². The van der Waals surface area contributed by atoms with Crippen molar-refractivity contribution in [3.63, 3.8) is 0 Å². The Kier molecular flexibility index (Phi) is 5.99. The highest BCUT2D eigenvalue weighted by molar-refractivity contribution is 5.91. The zero-order valence-electron chi connectivity index (χ0n) is 20.2. The summed E-state index contributed by atoms with van der Waals surface area (Å²) in [7, 11) is 1.40. The highest BCUT2D eigenvalue weighted by Crippen LogP contribution is 2.43. The molecule has 1 aliphatic heterocycles. The number of nitrogens with zero attached hydrogens (tertiary/aromatic N) is 3. The van der Waals surface area contributed by atoms with E-state index in [9.17, 15) is 14.4 Å². The SMILES string of the molecule is COc1c(N2CCC([C@H](C)NC(=O)OC(C)(C)C)C2)c(F)cc2c(=O)n(N)c(=O)n(C3CC3)c12. The molecule has 1 amide bonds. The molecule has 0 spiro atoms. The van der Waals surface area contributed by atoms with Gasteiger partial charge in [-0.1, -0.05) is 0 Å². The van der Waals surface area contributed by atoms with Gasteiger partial charge < -0.3 is 25.5 Å². The number of nitrogens with two attached hydrogens (primary N) is 1. The topological polar surface area (TPSA) is 121 Å². The Balaban J connectivity index is 1.69. The van der Waals surface area contributed by atoms with Crippen molar-refractivity contribution >= 4 is 22.7 Å². The molecule has 4 rings (SSSR count).